The fourth-order valence-electron chi connectivity index (χ4n) is 1.90. The molecule has 7 nitrogen and oxygen atoms in total. The monoisotopic (exact) mass is 469 g/mol. The van der Waals surface area contributed by atoms with Crippen LogP contribution in [-0.4, -0.2) is 27.8 Å². The van der Waals surface area contributed by atoms with Gasteiger partial charge in [0.15, 0.2) is 4.34 Å². The molecular formula is C15H12BrN5O2S3. The average molecular weight is 470 g/mol. The molecule has 3 rings (SSSR count). The normalized spacial score (nSPS) is 10.5. The maximum atomic E-state index is 12.1. The number of carbonyl (C=O) groups is 2. The maximum Gasteiger partial charge on any atom is 0.251 e. The van der Waals surface area contributed by atoms with Crippen molar-refractivity contribution in [2.75, 3.05) is 16.4 Å². The predicted molar refractivity (Wildman–Crippen MR) is 110 cm³/mol. The molecule has 11 heteroatoms. The zero-order valence-corrected chi connectivity index (χ0v) is 17.1. The van der Waals surface area contributed by atoms with Gasteiger partial charge in [-0.15, -0.1) is 21.5 Å². The Morgan fingerprint density at radius 3 is 2.88 bits per heavy atom. The molecule has 1 aromatic carbocycles. The van der Waals surface area contributed by atoms with Gasteiger partial charge >= 0.3 is 0 Å². The van der Waals surface area contributed by atoms with Crippen LogP contribution in [0.4, 0.5) is 15.8 Å². The largest absolute Gasteiger partial charge is 0.366 e. The van der Waals surface area contributed by atoms with Crippen LogP contribution >= 0.6 is 50.4 Å². The minimum Gasteiger partial charge on any atom is -0.366 e. The molecule has 0 radical (unpaired) electrons. The van der Waals surface area contributed by atoms with Gasteiger partial charge in [0, 0.05) is 10.2 Å². The number of hydrogen-bond donors (Lipinski definition) is 3. The summed E-state index contributed by atoms with van der Waals surface area (Å²) < 4.78 is 1.63. The maximum absolute atomic E-state index is 12.1. The molecule has 26 heavy (non-hydrogen) atoms. The lowest BCUT2D eigenvalue weighted by Crippen LogP contribution is -2.17. The van der Waals surface area contributed by atoms with Crippen molar-refractivity contribution in [3.8, 4) is 0 Å². The first-order valence-corrected chi connectivity index (χ1v) is 10.6. The van der Waals surface area contributed by atoms with E-state index in [0.717, 1.165) is 10.2 Å². The number of thioether (sulfide) groups is 1. The van der Waals surface area contributed by atoms with Gasteiger partial charge in [0.1, 0.15) is 5.00 Å². The molecule has 0 bridgehead atoms. The number of primary amides is 1. The molecule has 2 heterocycles. The topological polar surface area (TPSA) is 110 Å². The molecule has 2 aromatic heterocycles. The Morgan fingerprint density at radius 1 is 1.27 bits per heavy atom. The fourth-order valence-corrected chi connectivity index (χ4v) is 4.68. The second-order valence-electron chi connectivity index (χ2n) is 4.87. The first kappa shape index (κ1) is 18.8. The number of benzene rings is 1. The highest BCUT2D eigenvalue weighted by Crippen LogP contribution is 2.29. The molecule has 0 aliphatic carbocycles. The van der Waals surface area contributed by atoms with E-state index in [1.165, 1.54) is 34.4 Å². The van der Waals surface area contributed by atoms with Gasteiger partial charge in [0.2, 0.25) is 11.0 Å². The Labute approximate surface area is 169 Å². The average Bonchev–Trinajstić information content (AvgIpc) is 3.22. The van der Waals surface area contributed by atoms with Crippen LogP contribution in [0.5, 0.6) is 0 Å². The Bertz CT molecular complexity index is 943. The van der Waals surface area contributed by atoms with Crippen molar-refractivity contribution in [3.05, 3.63) is 45.7 Å². The van der Waals surface area contributed by atoms with Crippen LogP contribution in [0.15, 0.2) is 44.5 Å². The smallest absolute Gasteiger partial charge is 0.251 e. The Balaban J connectivity index is 1.53. The van der Waals surface area contributed by atoms with Crippen LogP contribution in [0.1, 0.15) is 10.4 Å². The molecule has 0 aliphatic rings. The van der Waals surface area contributed by atoms with Crippen LogP contribution < -0.4 is 16.4 Å². The van der Waals surface area contributed by atoms with Crippen LogP contribution in [0.2, 0.25) is 0 Å². The molecule has 4 N–H and O–H groups in total. The van der Waals surface area contributed by atoms with Crippen molar-refractivity contribution >= 4 is 78.0 Å². The van der Waals surface area contributed by atoms with Gasteiger partial charge in [-0.05, 0) is 29.6 Å². The molecule has 0 fully saturated rings. The van der Waals surface area contributed by atoms with Gasteiger partial charge in [-0.3, -0.25) is 9.59 Å². The number of nitrogens with zero attached hydrogens (tertiary/aromatic N) is 2. The minimum absolute atomic E-state index is 0.154. The van der Waals surface area contributed by atoms with Gasteiger partial charge in [-0.1, -0.05) is 45.1 Å². The van der Waals surface area contributed by atoms with E-state index >= 15 is 0 Å². The molecule has 134 valence electrons. The number of halogens is 1. The molecule has 0 saturated heterocycles. The van der Waals surface area contributed by atoms with E-state index in [1.54, 1.807) is 11.4 Å². The zero-order valence-electron chi connectivity index (χ0n) is 13.1. The van der Waals surface area contributed by atoms with Crippen molar-refractivity contribution in [1.29, 1.82) is 0 Å². The quantitative estimate of drug-likeness (QED) is 0.452. The zero-order chi connectivity index (χ0) is 18.5. The lowest BCUT2D eigenvalue weighted by Gasteiger charge is -2.03. The first-order chi connectivity index (χ1) is 12.5. The number of nitrogens with two attached hydrogens (primary N) is 1. The number of hydrogen-bond acceptors (Lipinski definition) is 8. The van der Waals surface area contributed by atoms with Crippen LogP contribution in [0, 0.1) is 0 Å². The van der Waals surface area contributed by atoms with Gasteiger partial charge in [0.05, 0.1) is 11.3 Å². The third-order valence-electron chi connectivity index (χ3n) is 2.99. The highest BCUT2D eigenvalue weighted by atomic mass is 79.9. The third kappa shape index (κ3) is 5.04. The van der Waals surface area contributed by atoms with E-state index in [4.69, 9.17) is 5.73 Å². The lowest BCUT2D eigenvalue weighted by molar-refractivity contribution is -0.113. The Hall–Kier alpha value is -1.95. The standard InChI is InChI=1S/C15H12BrN5O2S3/c16-8-2-1-3-9(6-8)18-14-20-21-15(26-14)25-7-11(22)19-13-10(12(17)23)4-5-24-13/h1-6H,7H2,(H2,17,23)(H,18,20)(H,19,22). The molecule has 2 amide bonds. The van der Waals surface area contributed by atoms with Crippen LogP contribution in [0.25, 0.3) is 0 Å². The first-order valence-electron chi connectivity index (χ1n) is 7.17. The molecule has 0 atom stereocenters. The molecule has 0 unspecified atom stereocenters. The Kier molecular flexibility index (Phi) is 6.25. The van der Waals surface area contributed by atoms with Crippen molar-refractivity contribution in [1.82, 2.24) is 10.2 Å². The summed E-state index contributed by atoms with van der Waals surface area (Å²) in [7, 11) is 0. The highest BCUT2D eigenvalue weighted by molar-refractivity contribution is 9.10. The molecule has 0 aliphatic heterocycles. The summed E-state index contributed by atoms with van der Waals surface area (Å²) in [5.74, 6) is -0.653. The van der Waals surface area contributed by atoms with E-state index in [9.17, 15) is 9.59 Å². The third-order valence-corrected chi connectivity index (χ3v) is 6.29. The molecule has 3 aromatic rings. The van der Waals surface area contributed by atoms with Crippen LogP contribution in [0.3, 0.4) is 0 Å². The Morgan fingerprint density at radius 2 is 2.12 bits per heavy atom. The summed E-state index contributed by atoms with van der Waals surface area (Å²) in [4.78, 5) is 23.3. The number of thiophene rings is 1. The van der Waals surface area contributed by atoms with Gasteiger partial charge in [-0.2, -0.15) is 0 Å². The van der Waals surface area contributed by atoms with E-state index in [2.05, 4.69) is 36.8 Å². The molecular weight excluding hydrogens is 458 g/mol. The number of anilines is 3. The summed E-state index contributed by atoms with van der Waals surface area (Å²) in [5.41, 5.74) is 6.46. The second-order valence-corrected chi connectivity index (χ2v) is 8.90. The number of aromatic nitrogens is 2. The van der Waals surface area contributed by atoms with Crippen molar-refractivity contribution in [2.24, 2.45) is 5.73 Å². The summed E-state index contributed by atoms with van der Waals surface area (Å²) >= 11 is 7.29. The highest BCUT2D eigenvalue weighted by Gasteiger charge is 2.14. The summed E-state index contributed by atoms with van der Waals surface area (Å²) in [5, 5.41) is 16.8. The number of carbonyl (C=O) groups excluding carboxylic acids is 2. The van der Waals surface area contributed by atoms with Crippen molar-refractivity contribution in [2.45, 2.75) is 4.34 Å². The van der Waals surface area contributed by atoms with Crippen LogP contribution in [-0.2, 0) is 4.79 Å². The van der Waals surface area contributed by atoms with Gasteiger partial charge in [-0.25, -0.2) is 0 Å². The molecule has 0 spiro atoms. The number of rotatable bonds is 7. The van der Waals surface area contributed by atoms with E-state index < -0.39 is 5.91 Å². The van der Waals surface area contributed by atoms with E-state index in [-0.39, 0.29) is 11.7 Å². The number of nitrogens with one attached hydrogen (secondary N) is 2. The summed E-state index contributed by atoms with van der Waals surface area (Å²) in [6.45, 7) is 0. The predicted octanol–water partition coefficient (Wildman–Crippen LogP) is 3.94. The van der Waals surface area contributed by atoms with E-state index in [0.29, 0.717) is 20.0 Å². The van der Waals surface area contributed by atoms with Gasteiger partial charge < -0.3 is 16.4 Å². The van der Waals surface area contributed by atoms with Crippen molar-refractivity contribution in [3.63, 3.8) is 0 Å². The SMILES string of the molecule is NC(=O)c1ccsc1NC(=O)CSc1nnc(Nc2cccc(Br)c2)s1. The fraction of sp³-hybridized carbons (Fsp3) is 0.0667. The second kappa shape index (κ2) is 8.62. The summed E-state index contributed by atoms with van der Waals surface area (Å²) in [6, 6.07) is 9.28. The number of amides is 2. The lowest BCUT2D eigenvalue weighted by atomic mass is 10.3. The minimum atomic E-state index is -0.568. The summed E-state index contributed by atoms with van der Waals surface area (Å²) in [6.07, 6.45) is 0. The van der Waals surface area contributed by atoms with Crippen molar-refractivity contribution < 1.29 is 9.59 Å². The van der Waals surface area contributed by atoms with E-state index in [1.807, 2.05) is 24.3 Å². The molecule has 0 saturated carbocycles. The van der Waals surface area contributed by atoms with Gasteiger partial charge in [0.25, 0.3) is 5.91 Å².